The van der Waals surface area contributed by atoms with Gasteiger partial charge in [0.05, 0.1) is 18.4 Å². The van der Waals surface area contributed by atoms with E-state index >= 15 is 0 Å². The average molecular weight is 374 g/mol. The van der Waals surface area contributed by atoms with Crippen LogP contribution in [-0.2, 0) is 0 Å². The fourth-order valence-electron chi connectivity index (χ4n) is 2.85. The number of hydrogen-bond acceptors (Lipinski definition) is 6. The molecule has 0 bridgehead atoms. The van der Waals surface area contributed by atoms with Crippen molar-refractivity contribution in [2.75, 3.05) is 19.5 Å². The number of amides is 1. The lowest BCUT2D eigenvalue weighted by molar-refractivity contribution is 0.0963. The Morgan fingerprint density at radius 1 is 1.11 bits per heavy atom. The van der Waals surface area contributed by atoms with Crippen molar-refractivity contribution < 1.29 is 9.53 Å². The molecule has 4 rings (SSSR count). The smallest absolute Gasteiger partial charge is 0.254 e. The zero-order valence-electron chi connectivity index (χ0n) is 15.4. The molecule has 0 aliphatic carbocycles. The Balaban J connectivity index is 1.79. The van der Waals surface area contributed by atoms with E-state index < -0.39 is 0 Å². The highest BCUT2D eigenvalue weighted by Gasteiger charge is 2.14. The molecule has 1 aromatic carbocycles. The number of fused-ring (bicyclic) bond motifs is 1. The number of imidazole rings is 1. The molecule has 2 N–H and O–H groups in total. The van der Waals surface area contributed by atoms with E-state index in [2.05, 4.69) is 20.6 Å². The number of nitrogens with zero attached hydrogens (tertiary/aromatic N) is 4. The Morgan fingerprint density at radius 2 is 1.93 bits per heavy atom. The Kier molecular flexibility index (Phi) is 4.59. The van der Waals surface area contributed by atoms with Crippen molar-refractivity contribution in [3.8, 4) is 17.0 Å². The van der Waals surface area contributed by atoms with E-state index in [4.69, 9.17) is 9.72 Å². The van der Waals surface area contributed by atoms with E-state index in [-0.39, 0.29) is 5.91 Å². The van der Waals surface area contributed by atoms with Gasteiger partial charge in [-0.05, 0) is 36.4 Å². The van der Waals surface area contributed by atoms with Gasteiger partial charge in [0.2, 0.25) is 5.95 Å². The van der Waals surface area contributed by atoms with Crippen molar-refractivity contribution in [1.29, 1.82) is 0 Å². The minimum absolute atomic E-state index is 0.233. The Bertz CT molecular complexity index is 1140. The zero-order chi connectivity index (χ0) is 19.5. The number of anilines is 2. The minimum atomic E-state index is -0.233. The summed E-state index contributed by atoms with van der Waals surface area (Å²) in [4.78, 5) is 25.5. The molecule has 8 nitrogen and oxygen atoms in total. The quantitative estimate of drug-likeness (QED) is 0.558. The van der Waals surface area contributed by atoms with Crippen molar-refractivity contribution >= 4 is 23.3 Å². The van der Waals surface area contributed by atoms with Crippen molar-refractivity contribution in [3.05, 3.63) is 66.6 Å². The van der Waals surface area contributed by atoms with E-state index in [0.717, 1.165) is 22.7 Å². The standard InChI is InChI=1S/C20H18N6O2/c1-21-19(27)15-4-3-9-23-18(15)25-20-24-16(12-17-22-10-11-26(17)20)13-5-7-14(28-2)8-6-13/h3-12H,1-2H3,(H,21,27)(H,23,24,25). The summed E-state index contributed by atoms with van der Waals surface area (Å²) in [6, 6.07) is 12.9. The molecule has 8 heteroatoms. The van der Waals surface area contributed by atoms with Crippen molar-refractivity contribution in [2.45, 2.75) is 0 Å². The maximum atomic E-state index is 12.1. The van der Waals surface area contributed by atoms with E-state index in [1.165, 1.54) is 0 Å². The van der Waals surface area contributed by atoms with Gasteiger partial charge in [0.15, 0.2) is 0 Å². The summed E-state index contributed by atoms with van der Waals surface area (Å²) >= 11 is 0. The number of carbonyl (C=O) groups excluding carboxylic acids is 1. The lowest BCUT2D eigenvalue weighted by Gasteiger charge is -2.12. The monoisotopic (exact) mass is 374 g/mol. The molecule has 0 unspecified atom stereocenters. The summed E-state index contributed by atoms with van der Waals surface area (Å²) in [6.07, 6.45) is 5.11. The summed E-state index contributed by atoms with van der Waals surface area (Å²) in [6.45, 7) is 0. The summed E-state index contributed by atoms with van der Waals surface area (Å²) < 4.78 is 7.02. The van der Waals surface area contributed by atoms with Crippen LogP contribution in [-0.4, -0.2) is 39.4 Å². The fraction of sp³-hybridized carbons (Fsp3) is 0.100. The summed E-state index contributed by atoms with van der Waals surface area (Å²) in [5.74, 6) is 1.46. The number of aromatic nitrogens is 4. The molecule has 0 aliphatic rings. The third kappa shape index (κ3) is 3.23. The highest BCUT2D eigenvalue weighted by Crippen LogP contribution is 2.25. The van der Waals surface area contributed by atoms with Gasteiger partial charge in [0.1, 0.15) is 17.2 Å². The van der Waals surface area contributed by atoms with Crippen LogP contribution < -0.4 is 15.4 Å². The molecule has 3 heterocycles. The van der Waals surface area contributed by atoms with Crippen LogP contribution in [0.1, 0.15) is 10.4 Å². The molecule has 1 amide bonds. The van der Waals surface area contributed by atoms with Gasteiger partial charge in [-0.2, -0.15) is 0 Å². The van der Waals surface area contributed by atoms with Gasteiger partial charge in [-0.15, -0.1) is 0 Å². The van der Waals surface area contributed by atoms with E-state index in [9.17, 15) is 4.79 Å². The molecule has 28 heavy (non-hydrogen) atoms. The van der Waals surface area contributed by atoms with E-state index in [1.807, 2.05) is 30.3 Å². The van der Waals surface area contributed by atoms with Crippen LogP contribution in [0.3, 0.4) is 0 Å². The predicted octanol–water partition coefficient (Wildman–Crippen LogP) is 2.90. The Labute approximate surface area is 161 Å². The summed E-state index contributed by atoms with van der Waals surface area (Å²) in [7, 11) is 3.21. The van der Waals surface area contributed by atoms with Gasteiger partial charge in [0, 0.05) is 37.3 Å². The summed E-state index contributed by atoms with van der Waals surface area (Å²) in [5.41, 5.74) is 2.80. The third-order valence-electron chi connectivity index (χ3n) is 4.29. The van der Waals surface area contributed by atoms with Crippen LogP contribution in [0.25, 0.3) is 16.9 Å². The van der Waals surface area contributed by atoms with Crippen molar-refractivity contribution in [3.63, 3.8) is 0 Å². The van der Waals surface area contributed by atoms with Gasteiger partial charge in [-0.1, -0.05) is 0 Å². The van der Waals surface area contributed by atoms with Gasteiger partial charge in [-0.25, -0.2) is 15.0 Å². The number of rotatable bonds is 5. The molecule has 4 aromatic rings. The SMILES string of the molecule is CNC(=O)c1cccnc1Nc1nc(-c2ccc(OC)cc2)cc2nccn12. The summed E-state index contributed by atoms with van der Waals surface area (Å²) in [5, 5.41) is 5.78. The molecule has 0 saturated heterocycles. The van der Waals surface area contributed by atoms with Crippen molar-refractivity contribution in [1.82, 2.24) is 24.7 Å². The van der Waals surface area contributed by atoms with E-state index in [0.29, 0.717) is 17.3 Å². The topological polar surface area (TPSA) is 93.4 Å². The second kappa shape index (κ2) is 7.36. The number of ether oxygens (including phenoxy) is 1. The van der Waals surface area contributed by atoms with E-state index in [1.54, 1.807) is 49.3 Å². The van der Waals surface area contributed by atoms with Crippen LogP contribution in [0.15, 0.2) is 61.1 Å². The second-order valence-corrected chi connectivity index (χ2v) is 5.95. The van der Waals surface area contributed by atoms with Crippen LogP contribution >= 0.6 is 0 Å². The number of methoxy groups -OCH3 is 1. The molecule has 0 saturated carbocycles. The molecule has 0 spiro atoms. The largest absolute Gasteiger partial charge is 0.497 e. The van der Waals surface area contributed by atoms with Crippen LogP contribution in [0.5, 0.6) is 5.75 Å². The van der Waals surface area contributed by atoms with Crippen molar-refractivity contribution in [2.24, 2.45) is 0 Å². The zero-order valence-corrected chi connectivity index (χ0v) is 15.4. The highest BCUT2D eigenvalue weighted by atomic mass is 16.5. The molecule has 0 atom stereocenters. The van der Waals surface area contributed by atoms with Crippen LogP contribution in [0.4, 0.5) is 11.8 Å². The van der Waals surface area contributed by atoms with Gasteiger partial charge < -0.3 is 15.4 Å². The molecule has 0 fully saturated rings. The average Bonchev–Trinajstić information content (AvgIpc) is 3.22. The van der Waals surface area contributed by atoms with Gasteiger partial charge >= 0.3 is 0 Å². The van der Waals surface area contributed by atoms with Gasteiger partial charge in [-0.3, -0.25) is 9.20 Å². The van der Waals surface area contributed by atoms with Crippen LogP contribution in [0.2, 0.25) is 0 Å². The fourth-order valence-corrected chi connectivity index (χ4v) is 2.85. The third-order valence-corrected chi connectivity index (χ3v) is 4.29. The Morgan fingerprint density at radius 3 is 2.68 bits per heavy atom. The minimum Gasteiger partial charge on any atom is -0.497 e. The molecule has 140 valence electrons. The molecule has 3 aromatic heterocycles. The molecular weight excluding hydrogens is 356 g/mol. The number of benzene rings is 1. The molecule has 0 aliphatic heterocycles. The maximum Gasteiger partial charge on any atom is 0.254 e. The van der Waals surface area contributed by atoms with Gasteiger partial charge in [0.25, 0.3) is 5.91 Å². The normalized spacial score (nSPS) is 10.6. The predicted molar refractivity (Wildman–Crippen MR) is 106 cm³/mol. The molecular formula is C20H18N6O2. The Hall–Kier alpha value is -3.94. The number of hydrogen-bond donors (Lipinski definition) is 2. The lowest BCUT2D eigenvalue weighted by atomic mass is 10.1. The number of pyridine rings is 1. The maximum absolute atomic E-state index is 12.1. The first-order chi connectivity index (χ1) is 13.7. The lowest BCUT2D eigenvalue weighted by Crippen LogP contribution is -2.20. The first-order valence-electron chi connectivity index (χ1n) is 8.62. The first kappa shape index (κ1) is 17.5. The number of carbonyl (C=O) groups is 1. The second-order valence-electron chi connectivity index (χ2n) is 5.95. The van der Waals surface area contributed by atoms with Crippen LogP contribution in [0, 0.1) is 0 Å². The molecule has 0 radical (unpaired) electrons. The number of nitrogens with one attached hydrogen (secondary N) is 2. The highest BCUT2D eigenvalue weighted by molar-refractivity contribution is 5.99. The first-order valence-corrected chi connectivity index (χ1v) is 8.62.